The molecule has 20 heavy (non-hydrogen) atoms. The topological polar surface area (TPSA) is 55.1 Å². The largest absolute Gasteiger partial charge is 0.416 e. The highest BCUT2D eigenvalue weighted by molar-refractivity contribution is 5.80. The van der Waals surface area contributed by atoms with E-state index in [4.69, 9.17) is 5.73 Å². The van der Waals surface area contributed by atoms with E-state index < -0.39 is 29.1 Å². The Labute approximate surface area is 116 Å². The molecule has 0 fully saturated rings. The Balaban J connectivity index is 2.93. The van der Waals surface area contributed by atoms with Crippen molar-refractivity contribution in [3.8, 4) is 0 Å². The summed E-state index contributed by atoms with van der Waals surface area (Å²) in [5.74, 6) is -0.581. The van der Waals surface area contributed by atoms with Gasteiger partial charge in [0, 0.05) is 6.54 Å². The molecule has 0 aliphatic rings. The number of hydrogen-bond donors (Lipinski definition) is 2. The van der Waals surface area contributed by atoms with Gasteiger partial charge in [-0.15, -0.1) is 0 Å². The lowest BCUT2D eigenvalue weighted by atomic mass is 9.86. The van der Waals surface area contributed by atoms with E-state index in [2.05, 4.69) is 5.32 Å². The van der Waals surface area contributed by atoms with Crippen LogP contribution in [-0.2, 0) is 17.5 Å². The summed E-state index contributed by atoms with van der Waals surface area (Å²) in [6.45, 7) is 5.32. The molecule has 0 aromatic heterocycles. The molecule has 0 heterocycles. The highest BCUT2D eigenvalue weighted by atomic mass is 19.4. The lowest BCUT2D eigenvalue weighted by molar-refractivity contribution is -0.138. The molecule has 0 radical (unpaired) electrons. The van der Waals surface area contributed by atoms with Gasteiger partial charge in [-0.1, -0.05) is 39.0 Å². The van der Waals surface area contributed by atoms with Crippen LogP contribution in [0.1, 0.15) is 31.9 Å². The minimum absolute atomic E-state index is 0.0689. The van der Waals surface area contributed by atoms with Crippen molar-refractivity contribution in [2.24, 2.45) is 11.1 Å². The zero-order valence-electron chi connectivity index (χ0n) is 11.7. The van der Waals surface area contributed by atoms with Gasteiger partial charge in [-0.3, -0.25) is 4.79 Å². The Bertz CT molecular complexity index is 478. The number of nitrogens with two attached hydrogens (primary N) is 1. The first-order valence-electron chi connectivity index (χ1n) is 6.21. The number of alkyl halides is 3. The van der Waals surface area contributed by atoms with Gasteiger partial charge in [0.1, 0.15) is 0 Å². The molecule has 1 aromatic rings. The van der Waals surface area contributed by atoms with Crippen molar-refractivity contribution in [3.63, 3.8) is 0 Å². The number of carbonyl (C=O) groups is 1. The summed E-state index contributed by atoms with van der Waals surface area (Å²) in [6.07, 6.45) is -4.41. The minimum Gasteiger partial charge on any atom is -0.368 e. The number of primary amides is 1. The van der Waals surface area contributed by atoms with Crippen molar-refractivity contribution in [2.45, 2.75) is 39.5 Å². The zero-order chi connectivity index (χ0) is 15.6. The van der Waals surface area contributed by atoms with Crippen molar-refractivity contribution in [2.75, 3.05) is 0 Å². The lowest BCUT2D eigenvalue weighted by Gasteiger charge is -2.29. The highest BCUT2D eigenvalue weighted by Gasteiger charge is 2.34. The van der Waals surface area contributed by atoms with Crippen molar-refractivity contribution in [3.05, 3.63) is 35.4 Å². The van der Waals surface area contributed by atoms with Crippen LogP contribution >= 0.6 is 0 Å². The van der Waals surface area contributed by atoms with E-state index in [0.717, 1.165) is 6.07 Å². The van der Waals surface area contributed by atoms with Crippen molar-refractivity contribution in [1.82, 2.24) is 5.32 Å². The number of hydrogen-bond acceptors (Lipinski definition) is 2. The quantitative estimate of drug-likeness (QED) is 0.895. The molecule has 0 spiro atoms. The Hall–Kier alpha value is -1.56. The van der Waals surface area contributed by atoms with Crippen molar-refractivity contribution in [1.29, 1.82) is 0 Å². The molecule has 1 unspecified atom stereocenters. The van der Waals surface area contributed by atoms with E-state index in [0.29, 0.717) is 0 Å². The third-order valence-electron chi connectivity index (χ3n) is 2.97. The number of carbonyl (C=O) groups excluding carboxylic acids is 1. The van der Waals surface area contributed by atoms with Crippen LogP contribution in [0.15, 0.2) is 24.3 Å². The monoisotopic (exact) mass is 288 g/mol. The van der Waals surface area contributed by atoms with Crippen LogP contribution in [0.4, 0.5) is 13.2 Å². The first-order valence-corrected chi connectivity index (χ1v) is 6.21. The molecular formula is C14H19F3N2O. The zero-order valence-corrected chi connectivity index (χ0v) is 11.7. The van der Waals surface area contributed by atoms with Gasteiger partial charge in [-0.25, -0.2) is 0 Å². The van der Waals surface area contributed by atoms with Gasteiger partial charge in [-0.2, -0.15) is 13.2 Å². The fourth-order valence-electron chi connectivity index (χ4n) is 2.00. The normalized spacial score (nSPS) is 14.1. The van der Waals surface area contributed by atoms with E-state index in [1.807, 2.05) is 0 Å². The first kappa shape index (κ1) is 16.5. The van der Waals surface area contributed by atoms with Crippen LogP contribution in [0, 0.1) is 5.41 Å². The highest BCUT2D eigenvalue weighted by Crippen LogP contribution is 2.32. The summed E-state index contributed by atoms with van der Waals surface area (Å²) in [4.78, 5) is 11.4. The van der Waals surface area contributed by atoms with Gasteiger partial charge >= 0.3 is 6.18 Å². The maximum atomic E-state index is 12.8. The Morgan fingerprint density at radius 3 is 2.25 bits per heavy atom. The second kappa shape index (κ2) is 5.83. The molecule has 0 saturated carbocycles. The maximum Gasteiger partial charge on any atom is 0.416 e. The van der Waals surface area contributed by atoms with Crippen LogP contribution in [0.3, 0.4) is 0 Å². The van der Waals surface area contributed by atoms with Gasteiger partial charge in [0.25, 0.3) is 0 Å². The van der Waals surface area contributed by atoms with E-state index in [1.165, 1.54) is 18.2 Å². The molecule has 0 aliphatic carbocycles. The molecule has 0 bridgehead atoms. The SMILES string of the molecule is CC(C)(C)C(NCc1ccccc1C(F)(F)F)C(N)=O. The summed E-state index contributed by atoms with van der Waals surface area (Å²) in [6, 6.07) is 4.57. The third-order valence-corrected chi connectivity index (χ3v) is 2.97. The predicted octanol–water partition coefficient (Wildman–Crippen LogP) is 2.70. The van der Waals surface area contributed by atoms with Crippen LogP contribution in [0.5, 0.6) is 0 Å². The molecular weight excluding hydrogens is 269 g/mol. The molecule has 1 aromatic carbocycles. The van der Waals surface area contributed by atoms with E-state index in [-0.39, 0.29) is 12.1 Å². The molecule has 112 valence electrons. The number of nitrogens with one attached hydrogen (secondary N) is 1. The Morgan fingerprint density at radius 1 is 1.25 bits per heavy atom. The fraction of sp³-hybridized carbons (Fsp3) is 0.500. The van der Waals surface area contributed by atoms with Crippen LogP contribution < -0.4 is 11.1 Å². The van der Waals surface area contributed by atoms with Gasteiger partial charge in [0.05, 0.1) is 11.6 Å². The molecule has 6 heteroatoms. The number of rotatable bonds is 4. The predicted molar refractivity (Wildman–Crippen MR) is 70.7 cm³/mol. The first-order chi connectivity index (χ1) is 9.03. The molecule has 0 saturated heterocycles. The van der Waals surface area contributed by atoms with Crippen LogP contribution in [0.25, 0.3) is 0 Å². The summed E-state index contributed by atoms with van der Waals surface area (Å²) in [5, 5.41) is 2.81. The summed E-state index contributed by atoms with van der Waals surface area (Å²) < 4.78 is 38.5. The standard InChI is InChI=1S/C14H19F3N2O/c1-13(2,3)11(12(18)20)19-8-9-6-4-5-7-10(9)14(15,16)17/h4-7,11,19H,8H2,1-3H3,(H2,18,20). The van der Waals surface area contributed by atoms with Gasteiger partial charge in [0.15, 0.2) is 0 Å². The smallest absolute Gasteiger partial charge is 0.368 e. The van der Waals surface area contributed by atoms with Crippen molar-refractivity contribution >= 4 is 5.91 Å². The number of amides is 1. The van der Waals surface area contributed by atoms with Crippen LogP contribution in [-0.4, -0.2) is 11.9 Å². The van der Waals surface area contributed by atoms with Gasteiger partial charge in [0.2, 0.25) is 5.91 Å². The van der Waals surface area contributed by atoms with Gasteiger partial charge < -0.3 is 11.1 Å². The molecule has 1 atom stereocenters. The molecule has 0 aliphatic heterocycles. The van der Waals surface area contributed by atoms with Crippen molar-refractivity contribution < 1.29 is 18.0 Å². The fourth-order valence-corrected chi connectivity index (χ4v) is 2.00. The lowest BCUT2D eigenvalue weighted by Crippen LogP contribution is -2.49. The number of benzene rings is 1. The average Bonchev–Trinajstić information content (AvgIpc) is 2.26. The Kier molecular flexibility index (Phi) is 4.81. The van der Waals surface area contributed by atoms with E-state index in [1.54, 1.807) is 20.8 Å². The summed E-state index contributed by atoms with van der Waals surface area (Å²) >= 11 is 0. The molecule has 3 nitrogen and oxygen atoms in total. The third kappa shape index (κ3) is 4.23. The summed E-state index contributed by atoms with van der Waals surface area (Å²) in [5.41, 5.74) is 4.20. The van der Waals surface area contributed by atoms with Crippen LogP contribution in [0.2, 0.25) is 0 Å². The maximum absolute atomic E-state index is 12.8. The Morgan fingerprint density at radius 2 is 1.80 bits per heavy atom. The van der Waals surface area contributed by atoms with E-state index >= 15 is 0 Å². The minimum atomic E-state index is -4.41. The number of halogens is 3. The summed E-state index contributed by atoms with van der Waals surface area (Å²) in [7, 11) is 0. The molecule has 1 amide bonds. The molecule has 3 N–H and O–H groups in total. The van der Waals surface area contributed by atoms with Gasteiger partial charge in [-0.05, 0) is 17.0 Å². The average molecular weight is 288 g/mol. The second-order valence-electron chi connectivity index (χ2n) is 5.74. The second-order valence-corrected chi connectivity index (χ2v) is 5.74. The molecule has 1 rings (SSSR count). The van der Waals surface area contributed by atoms with E-state index in [9.17, 15) is 18.0 Å².